The lowest BCUT2D eigenvalue weighted by molar-refractivity contribution is 0.670. The van der Waals surface area contributed by atoms with Crippen LogP contribution in [0.25, 0.3) is 93.2 Å². The normalized spacial score (nSPS) is 11.7. The molecule has 276 valence electrons. The minimum absolute atomic E-state index is 0.891. The van der Waals surface area contributed by atoms with Gasteiger partial charge in [0.2, 0.25) is 0 Å². The molecule has 0 fully saturated rings. The Kier molecular flexibility index (Phi) is 7.54. The second-order valence-electron chi connectivity index (χ2n) is 15.3. The van der Waals surface area contributed by atoms with Crippen LogP contribution in [-0.2, 0) is 0 Å². The van der Waals surface area contributed by atoms with Gasteiger partial charge in [-0.3, -0.25) is 0 Å². The van der Waals surface area contributed by atoms with Gasteiger partial charge in [-0.1, -0.05) is 164 Å². The van der Waals surface area contributed by atoms with E-state index in [4.69, 9.17) is 4.42 Å². The molecule has 3 heteroatoms. The molecule has 0 bridgehead atoms. The van der Waals surface area contributed by atoms with Crippen LogP contribution in [0.3, 0.4) is 0 Å². The highest BCUT2D eigenvalue weighted by Crippen LogP contribution is 2.46. The highest BCUT2D eigenvalue weighted by Gasteiger charge is 2.22. The van der Waals surface area contributed by atoms with Gasteiger partial charge in [0.15, 0.2) is 0 Å². The van der Waals surface area contributed by atoms with Gasteiger partial charge in [-0.15, -0.1) is 0 Å². The fourth-order valence-corrected chi connectivity index (χ4v) is 9.30. The second-order valence-corrected chi connectivity index (χ2v) is 15.3. The van der Waals surface area contributed by atoms with E-state index in [0.717, 1.165) is 61.4 Å². The van der Waals surface area contributed by atoms with Crippen molar-refractivity contribution in [2.75, 3.05) is 4.90 Å². The Hall–Kier alpha value is -7.88. The number of furan rings is 1. The van der Waals surface area contributed by atoms with Gasteiger partial charge in [-0.2, -0.15) is 0 Å². The van der Waals surface area contributed by atoms with E-state index >= 15 is 0 Å². The van der Waals surface area contributed by atoms with E-state index in [-0.39, 0.29) is 0 Å². The molecule has 0 aliphatic rings. The number of rotatable bonds is 6. The van der Waals surface area contributed by atoms with Gasteiger partial charge >= 0.3 is 0 Å². The Bertz CT molecular complexity index is 3520. The summed E-state index contributed by atoms with van der Waals surface area (Å²) in [5.41, 5.74) is 13.0. The Balaban J connectivity index is 1.06. The molecule has 0 unspecified atom stereocenters. The monoisotopic (exact) mass is 752 g/mol. The fourth-order valence-electron chi connectivity index (χ4n) is 9.30. The standard InChI is InChI=1S/C56H36N2O/c1-2-15-42-37(14-1)28-29-39-32-35-41(36-50(39)42)57(52-24-9-6-19-46(52)48-21-13-22-49-47-20-7-12-27-55(47)59-56(48)49)40-33-30-38(31-34-40)43-16-3-8-23-51(43)58-53-25-10-4-17-44(53)45-18-5-11-26-54(45)58/h1-36H. The Morgan fingerprint density at radius 3 is 1.71 bits per heavy atom. The molecule has 3 nitrogen and oxygen atoms in total. The average Bonchev–Trinajstić information content (AvgIpc) is 3.86. The maximum Gasteiger partial charge on any atom is 0.143 e. The Morgan fingerprint density at radius 1 is 0.356 bits per heavy atom. The molecule has 0 radical (unpaired) electrons. The van der Waals surface area contributed by atoms with E-state index < -0.39 is 0 Å². The van der Waals surface area contributed by atoms with E-state index in [1.54, 1.807) is 0 Å². The minimum Gasteiger partial charge on any atom is -0.455 e. The number of fused-ring (bicyclic) bond motifs is 9. The van der Waals surface area contributed by atoms with Crippen LogP contribution >= 0.6 is 0 Å². The van der Waals surface area contributed by atoms with E-state index in [2.05, 4.69) is 222 Å². The number of aromatic nitrogens is 1. The molecule has 10 aromatic carbocycles. The van der Waals surface area contributed by atoms with Crippen molar-refractivity contribution in [2.24, 2.45) is 0 Å². The largest absolute Gasteiger partial charge is 0.455 e. The third kappa shape index (κ3) is 5.29. The van der Waals surface area contributed by atoms with Crippen LogP contribution < -0.4 is 4.90 Å². The zero-order valence-corrected chi connectivity index (χ0v) is 32.1. The first-order valence-corrected chi connectivity index (χ1v) is 20.2. The predicted octanol–water partition coefficient (Wildman–Crippen LogP) is 15.8. The quantitative estimate of drug-likeness (QED) is 0.158. The van der Waals surface area contributed by atoms with Crippen LogP contribution in [0.1, 0.15) is 0 Å². The highest BCUT2D eigenvalue weighted by molar-refractivity contribution is 6.13. The molecular weight excluding hydrogens is 717 g/mol. The van der Waals surface area contributed by atoms with Gasteiger partial charge in [0, 0.05) is 49.6 Å². The summed E-state index contributed by atoms with van der Waals surface area (Å²) < 4.78 is 9.04. The molecule has 0 saturated carbocycles. The summed E-state index contributed by atoms with van der Waals surface area (Å²) in [6.07, 6.45) is 0. The minimum atomic E-state index is 0.891. The summed E-state index contributed by atoms with van der Waals surface area (Å²) in [5.74, 6) is 0. The molecule has 12 rings (SSSR count). The maximum absolute atomic E-state index is 6.63. The van der Waals surface area contributed by atoms with Crippen LogP contribution in [0, 0.1) is 0 Å². The van der Waals surface area contributed by atoms with Crippen molar-refractivity contribution in [1.82, 2.24) is 4.57 Å². The van der Waals surface area contributed by atoms with Gasteiger partial charge in [0.1, 0.15) is 11.2 Å². The van der Waals surface area contributed by atoms with Crippen LogP contribution in [0.15, 0.2) is 223 Å². The zero-order chi connectivity index (χ0) is 38.9. The van der Waals surface area contributed by atoms with Crippen molar-refractivity contribution >= 4 is 82.4 Å². The molecule has 0 spiro atoms. The summed E-state index contributed by atoms with van der Waals surface area (Å²) in [7, 11) is 0. The van der Waals surface area contributed by atoms with Gasteiger partial charge < -0.3 is 13.9 Å². The lowest BCUT2D eigenvalue weighted by Gasteiger charge is -2.28. The molecule has 0 N–H and O–H groups in total. The summed E-state index contributed by atoms with van der Waals surface area (Å²) in [6, 6.07) is 78.7. The third-order valence-corrected chi connectivity index (χ3v) is 12.0. The molecule has 59 heavy (non-hydrogen) atoms. The van der Waals surface area contributed by atoms with Crippen molar-refractivity contribution in [2.45, 2.75) is 0 Å². The molecule has 2 aromatic heterocycles. The van der Waals surface area contributed by atoms with Crippen molar-refractivity contribution in [3.8, 4) is 27.9 Å². The summed E-state index contributed by atoms with van der Waals surface area (Å²) in [4.78, 5) is 2.40. The maximum atomic E-state index is 6.63. The van der Waals surface area contributed by atoms with Crippen molar-refractivity contribution in [1.29, 1.82) is 0 Å². The van der Waals surface area contributed by atoms with Crippen LogP contribution in [-0.4, -0.2) is 4.57 Å². The number of nitrogens with zero attached hydrogens (tertiary/aromatic N) is 2. The first-order valence-electron chi connectivity index (χ1n) is 20.2. The summed E-state index contributed by atoms with van der Waals surface area (Å²) in [6.45, 7) is 0. The first-order chi connectivity index (χ1) is 29.3. The number of benzene rings is 10. The highest BCUT2D eigenvalue weighted by atomic mass is 16.3. The van der Waals surface area contributed by atoms with E-state index in [1.807, 2.05) is 6.07 Å². The smallest absolute Gasteiger partial charge is 0.143 e. The lowest BCUT2D eigenvalue weighted by atomic mass is 9.97. The van der Waals surface area contributed by atoms with E-state index in [9.17, 15) is 0 Å². The molecule has 12 aromatic rings. The van der Waals surface area contributed by atoms with Crippen molar-refractivity contribution in [3.63, 3.8) is 0 Å². The number of para-hydroxylation sites is 6. The van der Waals surface area contributed by atoms with Crippen LogP contribution in [0.5, 0.6) is 0 Å². The Morgan fingerprint density at radius 2 is 0.915 bits per heavy atom. The number of hydrogen-bond donors (Lipinski definition) is 0. The first kappa shape index (κ1) is 33.3. The topological polar surface area (TPSA) is 21.3 Å². The molecular formula is C56H36N2O. The number of hydrogen-bond acceptors (Lipinski definition) is 2. The summed E-state index contributed by atoms with van der Waals surface area (Å²) >= 11 is 0. The molecule has 0 aliphatic heterocycles. The number of anilines is 3. The molecule has 2 heterocycles. The van der Waals surface area contributed by atoms with E-state index in [0.29, 0.717) is 0 Å². The SMILES string of the molecule is c1ccc(N(c2ccc(-c3ccccc3-n3c4ccccc4c4ccccc43)cc2)c2ccc3ccc4ccccc4c3c2)c(-c2cccc3c2oc2ccccc23)c1. The molecule has 0 amide bonds. The van der Waals surface area contributed by atoms with E-state index in [1.165, 1.54) is 48.9 Å². The zero-order valence-electron chi connectivity index (χ0n) is 32.1. The van der Waals surface area contributed by atoms with Gasteiger partial charge in [0.25, 0.3) is 0 Å². The fraction of sp³-hybridized carbons (Fsp3) is 0. The third-order valence-electron chi connectivity index (χ3n) is 12.0. The second kappa shape index (κ2) is 13.4. The van der Waals surface area contributed by atoms with Gasteiger partial charge in [-0.25, -0.2) is 0 Å². The Labute approximate surface area is 341 Å². The molecule has 0 aliphatic carbocycles. The lowest BCUT2D eigenvalue weighted by Crippen LogP contribution is -2.11. The van der Waals surface area contributed by atoms with Crippen LogP contribution in [0.4, 0.5) is 17.1 Å². The predicted molar refractivity (Wildman–Crippen MR) is 249 cm³/mol. The average molecular weight is 753 g/mol. The summed E-state index contributed by atoms with van der Waals surface area (Å²) in [5, 5.41) is 9.65. The molecule has 0 saturated heterocycles. The van der Waals surface area contributed by atoms with Crippen molar-refractivity contribution < 1.29 is 4.42 Å². The van der Waals surface area contributed by atoms with Gasteiger partial charge in [-0.05, 0) is 81.7 Å². The van der Waals surface area contributed by atoms with Gasteiger partial charge in [0.05, 0.1) is 22.4 Å². The molecule has 0 atom stereocenters. The van der Waals surface area contributed by atoms with Crippen LogP contribution in [0.2, 0.25) is 0 Å². The van der Waals surface area contributed by atoms with Crippen molar-refractivity contribution in [3.05, 3.63) is 218 Å².